The van der Waals surface area contributed by atoms with Crippen LogP contribution in [0.25, 0.3) is 16.8 Å². The van der Waals surface area contributed by atoms with Crippen molar-refractivity contribution in [1.29, 1.82) is 0 Å². The number of nitrogens with zero attached hydrogens (tertiary/aromatic N) is 4. The van der Waals surface area contributed by atoms with E-state index in [0.717, 1.165) is 61.1 Å². The second-order valence-corrected chi connectivity index (χ2v) is 12.7. The second-order valence-electron chi connectivity index (χ2n) is 12.7. The van der Waals surface area contributed by atoms with Crippen LogP contribution in [0.3, 0.4) is 0 Å². The summed E-state index contributed by atoms with van der Waals surface area (Å²) in [7, 11) is 2.21. The summed E-state index contributed by atoms with van der Waals surface area (Å²) in [5.41, 5.74) is 0.434. The van der Waals surface area contributed by atoms with Crippen LogP contribution in [0.2, 0.25) is 0 Å². The lowest BCUT2D eigenvalue weighted by molar-refractivity contribution is -0.143. The number of hydrogen-bond acceptors (Lipinski definition) is 4. The Morgan fingerprint density at radius 1 is 0.833 bits per heavy atom. The SMILES string of the molecule is CCCCCN(C)CCC.CCc1ccc(-c2nc(C3CCCCC3)n3cc(Nc4cc(C(F)(F)F)cc(C(F)(F)F)c4)ncc23)cc1. The number of unbranched alkanes of at least 4 members (excludes halogenated alkanes) is 2. The molecule has 1 aliphatic carbocycles. The van der Waals surface area contributed by atoms with Crippen LogP contribution in [0.4, 0.5) is 37.8 Å². The number of benzene rings is 2. The highest BCUT2D eigenvalue weighted by Crippen LogP contribution is 2.39. The van der Waals surface area contributed by atoms with Crippen molar-refractivity contribution in [2.75, 3.05) is 25.5 Å². The molecule has 0 bridgehead atoms. The molecule has 0 atom stereocenters. The van der Waals surface area contributed by atoms with E-state index >= 15 is 0 Å². The summed E-state index contributed by atoms with van der Waals surface area (Å²) in [6.45, 7) is 9.09. The smallest absolute Gasteiger partial charge is 0.339 e. The van der Waals surface area contributed by atoms with E-state index in [1.165, 1.54) is 44.3 Å². The van der Waals surface area contributed by atoms with Gasteiger partial charge in [0.25, 0.3) is 0 Å². The number of fused-ring (bicyclic) bond motifs is 1. The van der Waals surface area contributed by atoms with Crippen LogP contribution in [0.5, 0.6) is 0 Å². The summed E-state index contributed by atoms with van der Waals surface area (Å²) in [5.74, 6) is 1.13. The van der Waals surface area contributed by atoms with Crippen LogP contribution >= 0.6 is 0 Å². The van der Waals surface area contributed by atoms with Gasteiger partial charge in [-0.1, -0.05) is 77.1 Å². The lowest BCUT2D eigenvalue weighted by atomic mass is 9.89. The number of aromatic nitrogens is 3. The van der Waals surface area contributed by atoms with Crippen LogP contribution in [-0.4, -0.2) is 39.4 Å². The molecule has 0 spiro atoms. The highest BCUT2D eigenvalue weighted by atomic mass is 19.4. The molecular formula is C37H47F6N5. The number of rotatable bonds is 11. The first-order valence-electron chi connectivity index (χ1n) is 17.1. The second kappa shape index (κ2) is 16.7. The lowest BCUT2D eigenvalue weighted by Gasteiger charge is -2.20. The molecule has 1 N–H and O–H groups in total. The summed E-state index contributed by atoms with van der Waals surface area (Å²) < 4.78 is 81.9. The maximum atomic E-state index is 13.3. The van der Waals surface area contributed by atoms with Crippen molar-refractivity contribution in [1.82, 2.24) is 19.3 Å². The summed E-state index contributed by atoms with van der Waals surface area (Å²) >= 11 is 0. The zero-order valence-electron chi connectivity index (χ0n) is 28.3. The molecule has 0 amide bonds. The lowest BCUT2D eigenvalue weighted by Crippen LogP contribution is -2.20. The number of nitrogens with one attached hydrogen (secondary N) is 1. The van der Waals surface area contributed by atoms with E-state index in [9.17, 15) is 26.3 Å². The standard InChI is InChI=1S/C28H26F6N4.C9H21N/c1-2-17-8-10-18(11-9-17)25-23-15-35-24(16-38(23)26(37-25)19-6-4-3-5-7-19)36-22-13-20(27(29,30)31)12-21(14-22)28(32,33)34;1-4-6-7-9-10(3)8-5-2/h8-16,19,36H,2-7H2,1H3;4-9H2,1-3H3. The molecule has 48 heavy (non-hydrogen) atoms. The van der Waals surface area contributed by atoms with Crippen LogP contribution in [0, 0.1) is 0 Å². The van der Waals surface area contributed by atoms with Gasteiger partial charge in [-0.2, -0.15) is 26.3 Å². The molecular weight excluding hydrogens is 628 g/mol. The quantitative estimate of drug-likeness (QED) is 0.127. The summed E-state index contributed by atoms with van der Waals surface area (Å²) in [5, 5.41) is 2.66. The van der Waals surface area contributed by atoms with Crippen LogP contribution < -0.4 is 5.32 Å². The molecule has 2 aromatic carbocycles. The summed E-state index contributed by atoms with van der Waals surface area (Å²) in [6.07, 6.45) is 4.77. The third-order valence-corrected chi connectivity index (χ3v) is 8.77. The Labute approximate surface area is 279 Å². The fourth-order valence-electron chi connectivity index (χ4n) is 6.13. The van der Waals surface area contributed by atoms with E-state index in [0.29, 0.717) is 12.1 Å². The van der Waals surface area contributed by atoms with Crippen molar-refractivity contribution < 1.29 is 26.3 Å². The van der Waals surface area contributed by atoms with Gasteiger partial charge in [0.1, 0.15) is 11.6 Å². The molecule has 5 rings (SSSR count). The minimum atomic E-state index is -4.93. The zero-order valence-corrected chi connectivity index (χ0v) is 28.3. The first kappa shape index (κ1) is 37.2. The average molecular weight is 676 g/mol. The predicted octanol–water partition coefficient (Wildman–Crippen LogP) is 11.3. The first-order chi connectivity index (χ1) is 22.8. The van der Waals surface area contributed by atoms with Crippen molar-refractivity contribution in [3.63, 3.8) is 0 Å². The maximum absolute atomic E-state index is 13.3. The molecule has 0 radical (unpaired) electrons. The van der Waals surface area contributed by atoms with E-state index < -0.39 is 23.5 Å². The molecule has 0 aliphatic heterocycles. The topological polar surface area (TPSA) is 45.5 Å². The number of imidazole rings is 1. The molecule has 262 valence electrons. The van der Waals surface area contributed by atoms with Gasteiger partial charge in [-0.3, -0.25) is 4.40 Å². The van der Waals surface area contributed by atoms with E-state index in [1.54, 1.807) is 12.4 Å². The van der Waals surface area contributed by atoms with Crippen LogP contribution in [0.15, 0.2) is 54.9 Å². The maximum Gasteiger partial charge on any atom is 0.416 e. The van der Waals surface area contributed by atoms with Gasteiger partial charge < -0.3 is 10.2 Å². The van der Waals surface area contributed by atoms with E-state index in [1.807, 2.05) is 28.7 Å². The Morgan fingerprint density at radius 2 is 1.48 bits per heavy atom. The predicted molar refractivity (Wildman–Crippen MR) is 181 cm³/mol. The van der Waals surface area contributed by atoms with Crippen molar-refractivity contribution >= 4 is 17.0 Å². The van der Waals surface area contributed by atoms with Gasteiger partial charge in [0.05, 0.1) is 34.7 Å². The molecule has 2 heterocycles. The van der Waals surface area contributed by atoms with E-state index in [4.69, 9.17) is 4.98 Å². The highest BCUT2D eigenvalue weighted by molar-refractivity contribution is 5.78. The minimum absolute atomic E-state index is 0.106. The van der Waals surface area contributed by atoms with Crippen molar-refractivity contribution in [3.05, 3.63) is 77.4 Å². The molecule has 4 aromatic rings. The van der Waals surface area contributed by atoms with Gasteiger partial charge in [0.15, 0.2) is 0 Å². The number of anilines is 2. The Bertz CT molecular complexity index is 1550. The first-order valence-corrected chi connectivity index (χ1v) is 17.1. The fourth-order valence-corrected chi connectivity index (χ4v) is 6.13. The van der Waals surface area contributed by atoms with Gasteiger partial charge in [0, 0.05) is 17.2 Å². The molecule has 1 fully saturated rings. The number of halogens is 6. The van der Waals surface area contributed by atoms with Gasteiger partial charge >= 0.3 is 12.4 Å². The number of alkyl halides is 6. The number of aryl methyl sites for hydroxylation is 1. The van der Waals surface area contributed by atoms with Crippen molar-refractivity contribution in [3.8, 4) is 11.3 Å². The molecule has 11 heteroatoms. The molecule has 0 saturated heterocycles. The number of hydrogen-bond donors (Lipinski definition) is 1. The Hall–Kier alpha value is -3.60. The monoisotopic (exact) mass is 675 g/mol. The minimum Gasteiger partial charge on any atom is -0.339 e. The van der Waals surface area contributed by atoms with Gasteiger partial charge in [-0.05, 0) is 76.0 Å². The molecule has 0 unspecified atom stereocenters. The zero-order chi connectivity index (χ0) is 34.9. The van der Waals surface area contributed by atoms with Crippen molar-refractivity contribution in [2.45, 2.75) is 103 Å². The molecule has 1 saturated carbocycles. The summed E-state index contributed by atoms with van der Waals surface area (Å²) in [4.78, 5) is 11.7. The fraction of sp³-hybridized carbons (Fsp3) is 0.514. The van der Waals surface area contributed by atoms with Gasteiger partial charge in [-0.15, -0.1) is 0 Å². The average Bonchev–Trinajstić information content (AvgIpc) is 3.44. The normalized spacial score (nSPS) is 14.3. The highest BCUT2D eigenvalue weighted by Gasteiger charge is 2.37. The van der Waals surface area contributed by atoms with Gasteiger partial charge in [0.2, 0.25) is 0 Å². The molecule has 1 aliphatic rings. The molecule has 5 nitrogen and oxygen atoms in total. The third-order valence-electron chi connectivity index (χ3n) is 8.77. The summed E-state index contributed by atoms with van der Waals surface area (Å²) in [6, 6.07) is 9.48. The largest absolute Gasteiger partial charge is 0.416 e. The Kier molecular flexibility index (Phi) is 12.9. The van der Waals surface area contributed by atoms with Crippen molar-refractivity contribution in [2.24, 2.45) is 0 Å². The van der Waals surface area contributed by atoms with Gasteiger partial charge in [-0.25, -0.2) is 9.97 Å². The van der Waals surface area contributed by atoms with Crippen LogP contribution in [0.1, 0.15) is 107 Å². The molecule has 2 aromatic heterocycles. The Balaban J connectivity index is 0.000000453. The Morgan fingerprint density at radius 3 is 2.04 bits per heavy atom. The van der Waals surface area contributed by atoms with E-state index in [2.05, 4.69) is 43.0 Å². The van der Waals surface area contributed by atoms with E-state index in [-0.39, 0.29) is 23.5 Å². The third kappa shape index (κ3) is 9.96. The van der Waals surface area contributed by atoms with Crippen LogP contribution in [-0.2, 0) is 18.8 Å².